The molecule has 1 heterocycles. The smallest absolute Gasteiger partial charge is 0.294 e. The first kappa shape index (κ1) is 17.7. The summed E-state index contributed by atoms with van der Waals surface area (Å²) in [6.45, 7) is 13.4. The molecule has 0 spiro atoms. The Hall–Kier alpha value is -1.36. The number of carbonyl (C=O) groups is 1. The van der Waals surface area contributed by atoms with E-state index in [1.54, 1.807) is 0 Å². The summed E-state index contributed by atoms with van der Waals surface area (Å²) >= 11 is 0. The molecule has 0 aromatic heterocycles. The van der Waals surface area contributed by atoms with Crippen LogP contribution in [-0.4, -0.2) is 35.7 Å². The summed E-state index contributed by atoms with van der Waals surface area (Å²) in [6.07, 6.45) is 3.48. The van der Waals surface area contributed by atoms with Crippen molar-refractivity contribution < 1.29 is 19.0 Å². The third-order valence-electron chi connectivity index (χ3n) is 3.44. The number of hydrazone groups is 1. The maximum atomic E-state index is 11.7. The minimum absolute atomic E-state index is 0.0220. The van der Waals surface area contributed by atoms with E-state index in [1.807, 2.05) is 4.68 Å². The van der Waals surface area contributed by atoms with E-state index >= 15 is 0 Å². The molecule has 1 rings (SSSR count). The van der Waals surface area contributed by atoms with Crippen LogP contribution in [0.3, 0.4) is 0 Å². The van der Waals surface area contributed by atoms with Crippen molar-refractivity contribution in [3.63, 3.8) is 0 Å². The van der Waals surface area contributed by atoms with Gasteiger partial charge in [-0.25, -0.2) is 0 Å². The first-order valence-electron chi connectivity index (χ1n) is 7.77. The number of hydrogen-bond donors (Lipinski definition) is 1. The van der Waals surface area contributed by atoms with E-state index in [9.17, 15) is 4.79 Å². The van der Waals surface area contributed by atoms with Crippen LogP contribution in [0, 0.1) is 11.8 Å². The predicted octanol–water partition coefficient (Wildman–Crippen LogP) is 2.47. The average molecular weight is 297 g/mol. The molecule has 120 valence electrons. The summed E-state index contributed by atoms with van der Waals surface area (Å²) in [4.78, 5) is 11.7. The summed E-state index contributed by atoms with van der Waals surface area (Å²) in [5, 5.41) is 0. The number of amides is 1. The number of rotatable bonds is 9. The molecule has 1 aliphatic heterocycles. The van der Waals surface area contributed by atoms with E-state index in [1.165, 1.54) is 12.0 Å². The number of hydrazine groups is 1. The molecule has 1 amide bonds. The molecule has 5 heteroatoms. The zero-order valence-electron chi connectivity index (χ0n) is 13.7. The molecule has 1 fully saturated rings. The van der Waals surface area contributed by atoms with Gasteiger partial charge in [0.05, 0.1) is 19.5 Å². The summed E-state index contributed by atoms with van der Waals surface area (Å²) in [6, 6.07) is 0. The first-order valence-corrected chi connectivity index (χ1v) is 7.77. The summed E-state index contributed by atoms with van der Waals surface area (Å²) < 4.78 is 12.9. The molecule has 0 bridgehead atoms. The van der Waals surface area contributed by atoms with Gasteiger partial charge in [0.2, 0.25) is 0 Å². The van der Waals surface area contributed by atoms with Gasteiger partial charge in [-0.05, 0) is 12.8 Å². The van der Waals surface area contributed by atoms with E-state index in [0.29, 0.717) is 31.5 Å². The van der Waals surface area contributed by atoms with E-state index < -0.39 is 0 Å². The number of unbranched alkanes of at least 4 members (excludes halogenated alkanes) is 1. The van der Waals surface area contributed by atoms with E-state index in [-0.39, 0.29) is 12.1 Å². The monoisotopic (exact) mass is 297 g/mol. The minimum atomic E-state index is -0.197. The number of hydrogen-bond acceptors (Lipinski definition) is 3. The Morgan fingerprint density at radius 1 is 1.33 bits per heavy atom. The van der Waals surface area contributed by atoms with Gasteiger partial charge in [0.1, 0.15) is 6.42 Å². The van der Waals surface area contributed by atoms with Gasteiger partial charge in [0, 0.05) is 11.8 Å². The van der Waals surface area contributed by atoms with Gasteiger partial charge in [-0.1, -0.05) is 39.0 Å². The molecular formula is C16H29N2O3+. The zero-order valence-corrected chi connectivity index (χ0v) is 13.7. The van der Waals surface area contributed by atoms with Crippen LogP contribution in [0.2, 0.25) is 0 Å². The van der Waals surface area contributed by atoms with Crippen molar-refractivity contribution in [1.82, 2.24) is 5.43 Å². The quantitative estimate of drug-likeness (QED) is 0.404. The number of ether oxygens (including phenoxy) is 2. The highest BCUT2D eigenvalue weighted by atomic mass is 16.5. The Morgan fingerprint density at radius 2 is 1.95 bits per heavy atom. The van der Waals surface area contributed by atoms with Crippen LogP contribution < -0.4 is 5.43 Å². The van der Waals surface area contributed by atoms with Crippen molar-refractivity contribution >= 4 is 11.6 Å². The Bertz CT molecular complexity index is 379. The van der Waals surface area contributed by atoms with E-state index in [4.69, 9.17) is 9.47 Å². The number of carbonyl (C=O) groups excluding carboxylic acids is 1. The molecule has 1 aliphatic rings. The molecular weight excluding hydrogens is 268 g/mol. The molecule has 1 saturated heterocycles. The van der Waals surface area contributed by atoms with Crippen molar-refractivity contribution in [3.05, 3.63) is 12.8 Å². The minimum Gasteiger partial charge on any atom is -0.502 e. The lowest BCUT2D eigenvalue weighted by Crippen LogP contribution is -2.40. The second-order valence-electron chi connectivity index (χ2n) is 5.91. The van der Waals surface area contributed by atoms with Crippen molar-refractivity contribution in [1.29, 1.82) is 0 Å². The van der Waals surface area contributed by atoms with Crippen LogP contribution in [0.25, 0.3) is 0 Å². The van der Waals surface area contributed by atoms with E-state index in [2.05, 4.69) is 39.7 Å². The molecule has 0 saturated carbocycles. The fourth-order valence-electron chi connectivity index (χ4n) is 2.68. The van der Waals surface area contributed by atoms with Crippen molar-refractivity contribution in [2.75, 3.05) is 13.2 Å². The molecule has 1 unspecified atom stereocenters. The lowest BCUT2D eigenvalue weighted by molar-refractivity contribution is -0.638. The Morgan fingerprint density at radius 3 is 2.52 bits per heavy atom. The van der Waals surface area contributed by atoms with Crippen LogP contribution in [0.5, 0.6) is 0 Å². The normalized spacial score (nSPS) is 18.3. The third-order valence-corrected chi connectivity index (χ3v) is 3.44. The Kier molecular flexibility index (Phi) is 7.43. The second-order valence-corrected chi connectivity index (χ2v) is 5.91. The third kappa shape index (κ3) is 5.50. The molecule has 0 aromatic rings. The van der Waals surface area contributed by atoms with Gasteiger partial charge in [-0.3, -0.25) is 4.79 Å². The Balaban J connectivity index is 2.60. The van der Waals surface area contributed by atoms with Crippen LogP contribution >= 0.6 is 0 Å². The van der Waals surface area contributed by atoms with Crippen molar-refractivity contribution in [2.45, 2.75) is 53.2 Å². The zero-order chi connectivity index (χ0) is 15.8. The standard InChI is InChI=1S/C16H28N2O3/c1-6-20-9-7-8-10-21-15-11-14(19)17-18(15)16(12(2)3)13(4)5/h6,12-13,15H,1,7-11H2,2-5H3/p+1. The molecule has 0 aromatic carbocycles. The van der Waals surface area contributed by atoms with Crippen molar-refractivity contribution in [2.24, 2.45) is 11.8 Å². The van der Waals surface area contributed by atoms with Gasteiger partial charge in [-0.2, -0.15) is 0 Å². The van der Waals surface area contributed by atoms with Gasteiger partial charge in [-0.15, -0.1) is 5.43 Å². The average Bonchev–Trinajstić information content (AvgIpc) is 2.73. The summed E-state index contributed by atoms with van der Waals surface area (Å²) in [5.41, 5.74) is 4.13. The Labute approximate surface area is 128 Å². The first-order chi connectivity index (χ1) is 9.97. The fourth-order valence-corrected chi connectivity index (χ4v) is 2.68. The maximum Gasteiger partial charge on any atom is 0.294 e. The summed E-state index contributed by atoms with van der Waals surface area (Å²) in [5.74, 6) is 0.764. The SMILES string of the molecule is C=COCCCCOC1CC(=O)N[N+]1=C(C(C)C)C(C)C. The lowest BCUT2D eigenvalue weighted by atomic mass is 9.97. The fraction of sp³-hybridized carbons (Fsp3) is 0.750. The predicted molar refractivity (Wildman–Crippen MR) is 82.8 cm³/mol. The number of nitrogens with one attached hydrogen (secondary N) is 1. The molecule has 0 radical (unpaired) electrons. The van der Waals surface area contributed by atoms with Crippen LogP contribution in [0.4, 0.5) is 0 Å². The van der Waals surface area contributed by atoms with E-state index in [0.717, 1.165) is 12.8 Å². The summed E-state index contributed by atoms with van der Waals surface area (Å²) in [7, 11) is 0. The molecule has 5 nitrogen and oxygen atoms in total. The van der Waals surface area contributed by atoms with Gasteiger partial charge < -0.3 is 9.47 Å². The molecule has 0 aliphatic carbocycles. The highest BCUT2D eigenvalue weighted by Crippen LogP contribution is 2.15. The highest BCUT2D eigenvalue weighted by Gasteiger charge is 2.39. The van der Waals surface area contributed by atoms with Gasteiger partial charge in [0.15, 0.2) is 5.71 Å². The molecule has 21 heavy (non-hydrogen) atoms. The second kappa shape index (κ2) is 8.82. The maximum absolute atomic E-state index is 11.7. The lowest BCUT2D eigenvalue weighted by Gasteiger charge is -2.15. The topological polar surface area (TPSA) is 50.6 Å². The van der Waals surface area contributed by atoms with Crippen molar-refractivity contribution in [3.8, 4) is 0 Å². The van der Waals surface area contributed by atoms with Gasteiger partial charge in [0.25, 0.3) is 12.1 Å². The largest absolute Gasteiger partial charge is 0.502 e. The van der Waals surface area contributed by atoms with Crippen LogP contribution in [-0.2, 0) is 14.3 Å². The molecule has 1 atom stereocenters. The van der Waals surface area contributed by atoms with Gasteiger partial charge >= 0.3 is 0 Å². The number of nitrogens with zero attached hydrogens (tertiary/aromatic N) is 1. The van der Waals surface area contributed by atoms with Crippen LogP contribution in [0.1, 0.15) is 47.0 Å². The molecule has 1 N–H and O–H groups in total. The van der Waals surface area contributed by atoms with Crippen LogP contribution in [0.15, 0.2) is 12.8 Å². The highest BCUT2D eigenvalue weighted by molar-refractivity contribution is 5.85.